The van der Waals surface area contributed by atoms with E-state index in [9.17, 15) is 19.5 Å². The lowest BCUT2D eigenvalue weighted by Gasteiger charge is -2.26. The van der Waals surface area contributed by atoms with Crippen molar-refractivity contribution in [3.8, 4) is 0 Å². The standard InChI is InChI=1S/C56H91NO8/c1-6-8-10-12-14-16-17-18-19-20-21-22-23-24-25-26-27-28-29-30-31-32-33-34-35-36-37-39-41-43-45-47-54(59)65-52(51-64-56(55(60)61)62-49-48-57(3,4)5)50-63-53(58)46-44-42-40-38-15-13-11-9-7-2/h8,10,14,16,18-19,21-22,24-25,27-28,30-31,33-34,36-37,52,56H,6-7,9,11-13,15,17,20,23,26,29,32,35,38-51H2,1-5H3/b10-8-,16-14-,19-18-,22-21-,25-24-,28-27-,31-30-,34-33-,37-36-. The summed E-state index contributed by atoms with van der Waals surface area (Å²) in [6.45, 7) is 4.53. The molecule has 0 aromatic carbocycles. The average molecular weight is 906 g/mol. The van der Waals surface area contributed by atoms with Gasteiger partial charge in [0.05, 0.1) is 40.3 Å². The maximum absolute atomic E-state index is 12.8. The van der Waals surface area contributed by atoms with Gasteiger partial charge in [0.2, 0.25) is 0 Å². The number of nitrogens with zero attached hydrogens (tertiary/aromatic N) is 1. The van der Waals surface area contributed by atoms with Gasteiger partial charge in [0.15, 0.2) is 12.4 Å². The Morgan fingerprint density at radius 1 is 0.477 bits per heavy atom. The molecule has 0 bridgehead atoms. The number of carbonyl (C=O) groups excluding carboxylic acids is 3. The summed E-state index contributed by atoms with van der Waals surface area (Å²) in [6.07, 6.45) is 60.0. The van der Waals surface area contributed by atoms with Crippen molar-refractivity contribution in [3.63, 3.8) is 0 Å². The van der Waals surface area contributed by atoms with Crippen LogP contribution in [0, 0.1) is 0 Å². The van der Waals surface area contributed by atoms with Crippen LogP contribution in [-0.2, 0) is 33.3 Å². The average Bonchev–Trinajstić information content (AvgIpc) is 3.27. The van der Waals surface area contributed by atoms with Crippen LogP contribution < -0.4 is 5.11 Å². The molecular weight excluding hydrogens is 815 g/mol. The van der Waals surface area contributed by atoms with E-state index >= 15 is 0 Å². The molecule has 0 fully saturated rings. The number of esters is 2. The number of hydrogen-bond donors (Lipinski definition) is 0. The molecule has 0 aromatic heterocycles. The Labute approximate surface area is 396 Å². The zero-order valence-electron chi connectivity index (χ0n) is 41.6. The van der Waals surface area contributed by atoms with Crippen molar-refractivity contribution in [1.29, 1.82) is 0 Å². The van der Waals surface area contributed by atoms with Gasteiger partial charge in [-0.15, -0.1) is 0 Å². The molecule has 9 nitrogen and oxygen atoms in total. The zero-order chi connectivity index (χ0) is 47.7. The normalized spacial score (nSPS) is 13.8. The van der Waals surface area contributed by atoms with Crippen molar-refractivity contribution in [2.45, 2.75) is 180 Å². The highest BCUT2D eigenvalue weighted by atomic mass is 16.7. The lowest BCUT2D eigenvalue weighted by molar-refractivity contribution is -0.870. The summed E-state index contributed by atoms with van der Waals surface area (Å²) >= 11 is 0. The van der Waals surface area contributed by atoms with E-state index in [-0.39, 0.29) is 38.6 Å². The Kier molecular flexibility index (Phi) is 43.6. The van der Waals surface area contributed by atoms with Gasteiger partial charge < -0.3 is 33.3 Å². The number of hydrogen-bond acceptors (Lipinski definition) is 8. The van der Waals surface area contributed by atoms with Crippen LogP contribution in [-0.4, -0.2) is 82.3 Å². The van der Waals surface area contributed by atoms with Crippen molar-refractivity contribution in [2.75, 3.05) is 47.5 Å². The van der Waals surface area contributed by atoms with Crippen LogP contribution in [0.2, 0.25) is 0 Å². The fraction of sp³-hybridized carbons (Fsp3) is 0.625. The smallest absolute Gasteiger partial charge is 0.306 e. The second-order valence-electron chi connectivity index (χ2n) is 17.4. The zero-order valence-corrected chi connectivity index (χ0v) is 41.6. The van der Waals surface area contributed by atoms with Gasteiger partial charge in [0, 0.05) is 12.8 Å². The maximum atomic E-state index is 12.8. The van der Waals surface area contributed by atoms with E-state index in [1.165, 1.54) is 38.5 Å². The van der Waals surface area contributed by atoms with E-state index in [2.05, 4.69) is 123 Å². The van der Waals surface area contributed by atoms with Crippen LogP contribution in [0.15, 0.2) is 109 Å². The van der Waals surface area contributed by atoms with Gasteiger partial charge in [0.1, 0.15) is 13.2 Å². The summed E-state index contributed by atoms with van der Waals surface area (Å²) in [7, 11) is 5.88. The first-order valence-electron chi connectivity index (χ1n) is 25.0. The molecular formula is C56H91NO8. The fourth-order valence-electron chi connectivity index (χ4n) is 6.17. The molecule has 0 aromatic rings. The van der Waals surface area contributed by atoms with E-state index in [4.69, 9.17) is 18.9 Å². The third-order valence-corrected chi connectivity index (χ3v) is 10.0. The number of aliphatic carboxylic acids is 1. The van der Waals surface area contributed by atoms with Gasteiger partial charge in [0.25, 0.3) is 0 Å². The second-order valence-corrected chi connectivity index (χ2v) is 17.4. The van der Waals surface area contributed by atoms with Crippen molar-refractivity contribution >= 4 is 17.9 Å². The molecule has 368 valence electrons. The topological polar surface area (TPSA) is 111 Å². The minimum absolute atomic E-state index is 0.136. The van der Waals surface area contributed by atoms with Gasteiger partial charge in [-0.3, -0.25) is 9.59 Å². The molecule has 2 atom stereocenters. The number of ether oxygens (including phenoxy) is 4. The van der Waals surface area contributed by atoms with Gasteiger partial charge in [-0.05, 0) is 83.5 Å². The van der Waals surface area contributed by atoms with Crippen LogP contribution in [0.25, 0.3) is 0 Å². The molecule has 0 amide bonds. The molecule has 0 rings (SSSR count). The predicted octanol–water partition coefficient (Wildman–Crippen LogP) is 12.7. The van der Waals surface area contributed by atoms with Crippen LogP contribution in [0.5, 0.6) is 0 Å². The molecule has 65 heavy (non-hydrogen) atoms. The minimum atomic E-state index is -1.63. The van der Waals surface area contributed by atoms with Gasteiger partial charge in [-0.1, -0.05) is 181 Å². The summed E-state index contributed by atoms with van der Waals surface area (Å²) in [6, 6.07) is 0. The third kappa shape index (κ3) is 47.7. The number of allylic oxidation sites excluding steroid dienone is 18. The fourth-order valence-corrected chi connectivity index (χ4v) is 6.17. The molecule has 0 N–H and O–H groups in total. The molecule has 0 aliphatic carbocycles. The molecule has 9 heteroatoms. The van der Waals surface area contributed by atoms with E-state index in [0.717, 1.165) is 96.3 Å². The summed E-state index contributed by atoms with van der Waals surface area (Å²) in [5.74, 6) is -2.35. The number of carboxylic acid groups (broad SMARTS) is 1. The number of likely N-dealkylation sites (N-methyl/N-ethyl adjacent to an activating group) is 1. The van der Waals surface area contributed by atoms with E-state index < -0.39 is 24.3 Å². The summed E-state index contributed by atoms with van der Waals surface area (Å²) in [5, 5.41) is 11.7. The highest BCUT2D eigenvalue weighted by molar-refractivity contribution is 5.70. The van der Waals surface area contributed by atoms with Crippen LogP contribution in [0.3, 0.4) is 0 Å². The number of carbonyl (C=O) groups is 3. The first-order chi connectivity index (χ1) is 31.6. The van der Waals surface area contributed by atoms with E-state index in [1.807, 2.05) is 21.1 Å². The van der Waals surface area contributed by atoms with Crippen LogP contribution >= 0.6 is 0 Å². The molecule has 0 heterocycles. The summed E-state index contributed by atoms with van der Waals surface area (Å²) in [5.41, 5.74) is 0. The summed E-state index contributed by atoms with van der Waals surface area (Å²) in [4.78, 5) is 36.9. The number of carboxylic acids is 1. The van der Waals surface area contributed by atoms with E-state index in [0.29, 0.717) is 17.4 Å². The van der Waals surface area contributed by atoms with Crippen molar-refractivity contribution in [3.05, 3.63) is 109 Å². The van der Waals surface area contributed by atoms with Gasteiger partial charge in [-0.2, -0.15) is 0 Å². The van der Waals surface area contributed by atoms with Crippen molar-refractivity contribution < 1.29 is 42.9 Å². The Morgan fingerprint density at radius 3 is 1.31 bits per heavy atom. The first kappa shape index (κ1) is 60.9. The molecule has 0 spiro atoms. The highest BCUT2D eigenvalue weighted by Crippen LogP contribution is 2.12. The molecule has 0 aliphatic heterocycles. The van der Waals surface area contributed by atoms with Crippen molar-refractivity contribution in [2.24, 2.45) is 0 Å². The molecule has 0 radical (unpaired) electrons. The Bertz CT molecular complexity index is 1430. The summed E-state index contributed by atoms with van der Waals surface area (Å²) < 4.78 is 22.5. The Balaban J connectivity index is 4.34. The monoisotopic (exact) mass is 906 g/mol. The predicted molar refractivity (Wildman–Crippen MR) is 269 cm³/mol. The van der Waals surface area contributed by atoms with Gasteiger partial charge >= 0.3 is 11.9 Å². The molecule has 0 saturated carbocycles. The quantitative estimate of drug-likeness (QED) is 0.0195. The minimum Gasteiger partial charge on any atom is -0.545 e. The van der Waals surface area contributed by atoms with Crippen LogP contribution in [0.4, 0.5) is 0 Å². The third-order valence-electron chi connectivity index (χ3n) is 10.0. The number of rotatable bonds is 44. The lowest BCUT2D eigenvalue weighted by Crippen LogP contribution is -2.44. The van der Waals surface area contributed by atoms with Gasteiger partial charge in [-0.25, -0.2) is 0 Å². The number of unbranched alkanes of at least 4 members (excludes halogenated alkanes) is 11. The second kappa shape index (κ2) is 46.5. The molecule has 0 aliphatic rings. The van der Waals surface area contributed by atoms with Crippen molar-refractivity contribution in [1.82, 2.24) is 0 Å². The van der Waals surface area contributed by atoms with Crippen LogP contribution in [0.1, 0.15) is 168 Å². The molecule has 2 unspecified atom stereocenters. The first-order valence-corrected chi connectivity index (χ1v) is 25.0. The molecule has 0 saturated heterocycles. The highest BCUT2D eigenvalue weighted by Gasteiger charge is 2.21. The lowest BCUT2D eigenvalue weighted by atomic mass is 10.1. The van der Waals surface area contributed by atoms with E-state index in [1.54, 1.807) is 0 Å². The largest absolute Gasteiger partial charge is 0.545 e. The SMILES string of the molecule is CC/C=C\C/C=C\C/C=C\C/C=C\C/C=C\C/C=C\C/C=C\C/C=C\C/C=C\CCCCCC(=O)OC(COC(=O)CCCCCCCCCCC)COC(OCC[N+](C)(C)C)C(=O)[O-]. The maximum Gasteiger partial charge on any atom is 0.306 e. The number of quaternary nitrogens is 1. The Morgan fingerprint density at radius 2 is 0.877 bits per heavy atom. The Hall–Kier alpha value is -4.05.